The Bertz CT molecular complexity index is 848. The van der Waals surface area contributed by atoms with Crippen LogP contribution in [0.5, 0.6) is 0 Å². The summed E-state index contributed by atoms with van der Waals surface area (Å²) in [6.07, 6.45) is 4.27. The average Bonchev–Trinajstić information content (AvgIpc) is 3.27. The summed E-state index contributed by atoms with van der Waals surface area (Å²) >= 11 is 0. The zero-order valence-electron chi connectivity index (χ0n) is 17.7. The van der Waals surface area contributed by atoms with E-state index in [2.05, 4.69) is 10.2 Å². The number of piperidine rings is 1. The van der Waals surface area contributed by atoms with Crippen LogP contribution in [0.2, 0.25) is 0 Å². The van der Waals surface area contributed by atoms with Gasteiger partial charge in [0.1, 0.15) is 0 Å². The fourth-order valence-electron chi connectivity index (χ4n) is 4.14. The Hall–Kier alpha value is -2.13. The van der Waals surface area contributed by atoms with Crippen LogP contribution in [0.25, 0.3) is 0 Å². The predicted octanol–water partition coefficient (Wildman–Crippen LogP) is 1.52. The van der Waals surface area contributed by atoms with Gasteiger partial charge in [-0.25, -0.2) is 13.4 Å². The fourth-order valence-corrected chi connectivity index (χ4v) is 5.66. The van der Waals surface area contributed by atoms with E-state index in [1.54, 1.807) is 16.4 Å². The van der Waals surface area contributed by atoms with E-state index in [0.717, 1.165) is 56.8 Å². The zero-order valence-corrected chi connectivity index (χ0v) is 18.5. The molecule has 166 valence electrons. The largest absolute Gasteiger partial charge is 0.370 e. The summed E-state index contributed by atoms with van der Waals surface area (Å²) in [5, 5.41) is 3.33. The minimum Gasteiger partial charge on any atom is -0.370 e. The smallest absolute Gasteiger partial charge is 0.243 e. The first-order chi connectivity index (χ1) is 14.4. The van der Waals surface area contributed by atoms with Gasteiger partial charge in [0.15, 0.2) is 5.96 Å². The first-order valence-corrected chi connectivity index (χ1v) is 12.2. The number of aliphatic imine (C=N–C) groups is 1. The van der Waals surface area contributed by atoms with Crippen LogP contribution < -0.4 is 11.1 Å². The van der Waals surface area contributed by atoms with Crippen LogP contribution in [0.4, 0.5) is 0 Å². The Kier molecular flexibility index (Phi) is 7.71. The van der Waals surface area contributed by atoms with E-state index < -0.39 is 10.0 Å². The summed E-state index contributed by atoms with van der Waals surface area (Å²) in [4.78, 5) is 18.5. The van der Waals surface area contributed by atoms with Gasteiger partial charge in [0.05, 0.1) is 11.4 Å². The summed E-state index contributed by atoms with van der Waals surface area (Å²) in [7, 11) is -3.39. The normalized spacial score (nSPS) is 21.0. The number of carbonyl (C=O) groups is 1. The van der Waals surface area contributed by atoms with Gasteiger partial charge in [-0.05, 0) is 56.2 Å². The molecule has 0 aliphatic carbocycles. The molecule has 0 bridgehead atoms. The molecule has 8 nitrogen and oxygen atoms in total. The lowest BCUT2D eigenvalue weighted by Gasteiger charge is -2.34. The third kappa shape index (κ3) is 5.72. The average molecular weight is 436 g/mol. The molecule has 1 atom stereocenters. The second kappa shape index (κ2) is 10.3. The van der Waals surface area contributed by atoms with E-state index in [4.69, 9.17) is 10.7 Å². The molecule has 2 aliphatic rings. The molecule has 0 aromatic heterocycles. The Morgan fingerprint density at radius 3 is 2.50 bits per heavy atom. The van der Waals surface area contributed by atoms with Gasteiger partial charge in [-0.3, -0.25) is 4.79 Å². The molecule has 1 unspecified atom stereocenters. The van der Waals surface area contributed by atoms with E-state index in [9.17, 15) is 13.2 Å². The highest BCUT2D eigenvalue weighted by Crippen LogP contribution is 2.22. The van der Waals surface area contributed by atoms with Crippen molar-refractivity contribution >= 4 is 21.9 Å². The third-order valence-corrected chi connectivity index (χ3v) is 7.59. The number of nitrogens with one attached hydrogen (secondary N) is 1. The SMILES string of the molecule is CCNC(=NCc1ccc(S(=O)(=O)N2CCCC2)cc1)N1CCCC(CC(N)=O)C1. The highest BCUT2D eigenvalue weighted by Gasteiger charge is 2.27. The van der Waals surface area contributed by atoms with E-state index in [-0.39, 0.29) is 11.8 Å². The second-order valence-corrected chi connectivity index (χ2v) is 9.99. The number of sulfonamides is 1. The Balaban J connectivity index is 1.66. The van der Waals surface area contributed by atoms with Crippen LogP contribution in [-0.4, -0.2) is 62.2 Å². The van der Waals surface area contributed by atoms with E-state index in [0.29, 0.717) is 31.0 Å². The number of guanidine groups is 1. The maximum Gasteiger partial charge on any atom is 0.243 e. The summed E-state index contributed by atoms with van der Waals surface area (Å²) in [5.74, 6) is 0.823. The van der Waals surface area contributed by atoms with Gasteiger partial charge in [0.2, 0.25) is 15.9 Å². The van der Waals surface area contributed by atoms with Crippen molar-refractivity contribution in [1.82, 2.24) is 14.5 Å². The topological polar surface area (TPSA) is 108 Å². The number of carbonyl (C=O) groups excluding carboxylic acids is 1. The van der Waals surface area contributed by atoms with Gasteiger partial charge < -0.3 is 16.0 Å². The van der Waals surface area contributed by atoms with Crippen LogP contribution in [0.1, 0.15) is 44.6 Å². The second-order valence-electron chi connectivity index (χ2n) is 8.05. The first-order valence-electron chi connectivity index (χ1n) is 10.8. The van der Waals surface area contributed by atoms with Crippen LogP contribution >= 0.6 is 0 Å². The van der Waals surface area contributed by atoms with Gasteiger partial charge in [-0.15, -0.1) is 0 Å². The van der Waals surface area contributed by atoms with Crippen molar-refractivity contribution in [2.45, 2.75) is 50.5 Å². The molecule has 1 aromatic carbocycles. The van der Waals surface area contributed by atoms with Gasteiger partial charge in [-0.1, -0.05) is 12.1 Å². The maximum absolute atomic E-state index is 12.7. The minimum absolute atomic E-state index is 0.257. The number of hydrogen-bond acceptors (Lipinski definition) is 4. The van der Waals surface area contributed by atoms with Crippen molar-refractivity contribution in [1.29, 1.82) is 0 Å². The van der Waals surface area contributed by atoms with Crippen molar-refractivity contribution in [3.05, 3.63) is 29.8 Å². The molecule has 3 N–H and O–H groups in total. The maximum atomic E-state index is 12.7. The number of primary amides is 1. The van der Waals surface area contributed by atoms with Crippen molar-refractivity contribution in [2.75, 3.05) is 32.7 Å². The lowest BCUT2D eigenvalue weighted by Crippen LogP contribution is -2.47. The van der Waals surface area contributed by atoms with Crippen molar-refractivity contribution in [2.24, 2.45) is 16.6 Å². The van der Waals surface area contributed by atoms with Crippen molar-refractivity contribution < 1.29 is 13.2 Å². The number of hydrogen-bond donors (Lipinski definition) is 2. The van der Waals surface area contributed by atoms with E-state index in [1.807, 2.05) is 19.1 Å². The summed E-state index contributed by atoms with van der Waals surface area (Å²) < 4.78 is 26.9. The van der Waals surface area contributed by atoms with E-state index in [1.165, 1.54) is 0 Å². The van der Waals surface area contributed by atoms with Gasteiger partial charge in [-0.2, -0.15) is 4.31 Å². The standard InChI is InChI=1S/C21H33N5O3S/c1-2-23-21(25-11-5-6-18(16-25)14-20(22)27)24-15-17-7-9-19(10-8-17)30(28,29)26-12-3-4-13-26/h7-10,18H,2-6,11-16H2,1H3,(H2,22,27)(H,23,24). The first kappa shape index (κ1) is 22.6. The van der Waals surface area contributed by atoms with Gasteiger partial charge >= 0.3 is 0 Å². The molecule has 0 radical (unpaired) electrons. The van der Waals surface area contributed by atoms with Crippen molar-refractivity contribution in [3.63, 3.8) is 0 Å². The predicted molar refractivity (Wildman–Crippen MR) is 117 cm³/mol. The molecule has 2 fully saturated rings. The molecule has 9 heteroatoms. The zero-order chi connectivity index (χ0) is 21.6. The molecule has 2 aliphatic heterocycles. The molecule has 30 heavy (non-hydrogen) atoms. The molecule has 2 saturated heterocycles. The Morgan fingerprint density at radius 2 is 1.87 bits per heavy atom. The molecule has 2 heterocycles. The van der Waals surface area contributed by atoms with Gasteiger partial charge in [0.25, 0.3) is 0 Å². The molecule has 1 aromatic rings. The number of nitrogens with two attached hydrogens (primary N) is 1. The Morgan fingerprint density at radius 1 is 1.17 bits per heavy atom. The number of amides is 1. The van der Waals surface area contributed by atoms with Gasteiger partial charge in [0, 0.05) is 39.1 Å². The molecular formula is C21H33N5O3S. The molecule has 0 saturated carbocycles. The summed E-state index contributed by atoms with van der Waals surface area (Å²) in [5.41, 5.74) is 6.33. The van der Waals surface area contributed by atoms with Crippen molar-refractivity contribution in [3.8, 4) is 0 Å². The fraction of sp³-hybridized carbons (Fsp3) is 0.619. The monoisotopic (exact) mass is 435 g/mol. The quantitative estimate of drug-likeness (QED) is 0.499. The molecular weight excluding hydrogens is 402 g/mol. The third-order valence-electron chi connectivity index (χ3n) is 5.68. The Labute approximate surface area is 179 Å². The lowest BCUT2D eigenvalue weighted by atomic mass is 9.95. The van der Waals surface area contributed by atoms with Crippen LogP contribution in [0, 0.1) is 5.92 Å². The molecule has 0 spiro atoms. The van der Waals surface area contributed by atoms with Crippen LogP contribution in [0.15, 0.2) is 34.2 Å². The number of likely N-dealkylation sites (tertiary alicyclic amines) is 1. The highest BCUT2D eigenvalue weighted by atomic mass is 32.2. The highest BCUT2D eigenvalue weighted by molar-refractivity contribution is 7.89. The van der Waals surface area contributed by atoms with E-state index >= 15 is 0 Å². The number of rotatable bonds is 7. The summed E-state index contributed by atoms with van der Waals surface area (Å²) in [6.45, 7) is 6.11. The molecule has 1 amide bonds. The van der Waals surface area contributed by atoms with Crippen LogP contribution in [0.3, 0.4) is 0 Å². The minimum atomic E-state index is -3.39. The summed E-state index contributed by atoms with van der Waals surface area (Å²) in [6, 6.07) is 7.02. The number of nitrogens with zero attached hydrogens (tertiary/aromatic N) is 3. The molecule has 3 rings (SSSR count). The number of benzene rings is 1. The lowest BCUT2D eigenvalue weighted by molar-refractivity contribution is -0.119. The van der Waals surface area contributed by atoms with Crippen LogP contribution in [-0.2, 0) is 21.4 Å².